The Bertz CT molecular complexity index is 861. The van der Waals surface area contributed by atoms with Crippen LogP contribution in [0.15, 0.2) is 103 Å². The van der Waals surface area contributed by atoms with Gasteiger partial charge in [-0.2, -0.15) is 0 Å². The van der Waals surface area contributed by atoms with Crippen LogP contribution >= 0.6 is 0 Å². The predicted octanol–water partition coefficient (Wildman–Crippen LogP) is 6.49. The molecule has 0 spiro atoms. The average Bonchev–Trinajstić information content (AvgIpc) is 3.50. The van der Waals surface area contributed by atoms with Gasteiger partial charge in [-0.1, -0.05) is 116 Å². The minimum Gasteiger partial charge on any atom is -0.280 e. The van der Waals surface area contributed by atoms with Gasteiger partial charge in [0.2, 0.25) is 0 Å². The average molecular weight is 398 g/mol. The first-order valence-corrected chi connectivity index (χ1v) is 14.1. The first kappa shape index (κ1) is 19.9. The fourth-order valence-corrected chi connectivity index (χ4v) is 5.24. The van der Waals surface area contributed by atoms with Gasteiger partial charge in [-0.3, -0.25) is 4.90 Å². The van der Waals surface area contributed by atoms with Gasteiger partial charge in [-0.15, -0.1) is 6.58 Å². The molecule has 0 bridgehead atoms. The highest BCUT2D eigenvalue weighted by Crippen LogP contribution is 2.49. The van der Waals surface area contributed by atoms with E-state index in [1.165, 1.54) is 21.9 Å². The van der Waals surface area contributed by atoms with Gasteiger partial charge in [0.05, 0.1) is 13.6 Å². The van der Waals surface area contributed by atoms with Crippen LogP contribution < -0.4 is 0 Å². The number of hydrogen-bond acceptors (Lipinski definition) is 1. The standard InChI is InChI=1S/C27H31NSi/c1-22(29(2,3)4)20-26-21-28(26)27(23-14-8-5-9-15-23,24-16-10-6-11-17-24)25-18-12-7-13-19-25/h5-19,26H,1,20-21H2,2-4H3/t26-,28?/m1/s1. The van der Waals surface area contributed by atoms with Crippen molar-refractivity contribution in [2.45, 2.75) is 37.6 Å². The molecule has 148 valence electrons. The van der Waals surface area contributed by atoms with Crippen molar-refractivity contribution in [3.8, 4) is 0 Å². The molecule has 1 saturated heterocycles. The van der Waals surface area contributed by atoms with Crippen LogP contribution in [0.2, 0.25) is 19.6 Å². The molecule has 1 nitrogen and oxygen atoms in total. The van der Waals surface area contributed by atoms with Gasteiger partial charge in [-0.25, -0.2) is 0 Å². The monoisotopic (exact) mass is 397 g/mol. The Morgan fingerprint density at radius 1 is 0.793 bits per heavy atom. The summed E-state index contributed by atoms with van der Waals surface area (Å²) < 4.78 is 0. The van der Waals surface area contributed by atoms with Crippen molar-refractivity contribution in [2.24, 2.45) is 0 Å². The van der Waals surface area contributed by atoms with Crippen LogP contribution in [0.25, 0.3) is 0 Å². The fraction of sp³-hybridized carbons (Fsp3) is 0.259. The largest absolute Gasteiger partial charge is 0.280 e. The van der Waals surface area contributed by atoms with Gasteiger partial charge in [0.25, 0.3) is 0 Å². The topological polar surface area (TPSA) is 3.01 Å². The van der Waals surface area contributed by atoms with E-state index >= 15 is 0 Å². The van der Waals surface area contributed by atoms with Crippen molar-refractivity contribution in [3.63, 3.8) is 0 Å². The normalized spacial score (nSPS) is 19.0. The lowest BCUT2D eigenvalue weighted by Gasteiger charge is -2.38. The van der Waals surface area contributed by atoms with Crippen molar-refractivity contribution in [3.05, 3.63) is 119 Å². The summed E-state index contributed by atoms with van der Waals surface area (Å²) in [7, 11) is -1.33. The first-order valence-electron chi connectivity index (χ1n) is 10.6. The summed E-state index contributed by atoms with van der Waals surface area (Å²) in [4.78, 5) is 2.68. The smallest absolute Gasteiger partial charge is 0.0976 e. The van der Waals surface area contributed by atoms with E-state index in [1.807, 2.05) is 0 Å². The fourth-order valence-electron chi connectivity index (χ4n) is 4.39. The molecule has 4 rings (SSSR count). The SMILES string of the molecule is C=C(C[C@@H]1CN1C(c1ccccc1)(c1ccccc1)c1ccccc1)[Si](C)(C)C. The number of hydrogen-bond donors (Lipinski definition) is 0. The number of benzene rings is 3. The zero-order chi connectivity index (χ0) is 20.5. The van der Waals surface area contributed by atoms with E-state index in [4.69, 9.17) is 0 Å². The van der Waals surface area contributed by atoms with E-state index in [0.29, 0.717) is 6.04 Å². The molecule has 2 atom stereocenters. The molecule has 1 fully saturated rings. The van der Waals surface area contributed by atoms with Crippen LogP contribution in [0, 0.1) is 0 Å². The van der Waals surface area contributed by atoms with Gasteiger partial charge < -0.3 is 0 Å². The molecular formula is C27H31NSi. The molecule has 0 radical (unpaired) electrons. The van der Waals surface area contributed by atoms with Gasteiger partial charge >= 0.3 is 0 Å². The highest BCUT2D eigenvalue weighted by molar-refractivity contribution is 6.82. The van der Waals surface area contributed by atoms with Crippen molar-refractivity contribution < 1.29 is 0 Å². The molecule has 2 heteroatoms. The molecule has 0 N–H and O–H groups in total. The Morgan fingerprint density at radius 2 is 1.17 bits per heavy atom. The minimum absolute atomic E-state index is 0.270. The van der Waals surface area contributed by atoms with E-state index in [1.54, 1.807) is 0 Å². The first-order chi connectivity index (χ1) is 13.9. The Hall–Kier alpha value is -2.42. The summed E-state index contributed by atoms with van der Waals surface area (Å²) in [6.07, 6.45) is 1.10. The molecule has 0 amide bonds. The molecule has 0 saturated carbocycles. The number of rotatable bonds is 7. The minimum atomic E-state index is -1.33. The van der Waals surface area contributed by atoms with Crippen molar-refractivity contribution in [1.82, 2.24) is 4.90 Å². The third-order valence-electron chi connectivity index (χ3n) is 6.26. The summed E-state index contributed by atoms with van der Waals surface area (Å²) in [6, 6.07) is 33.5. The summed E-state index contributed by atoms with van der Waals surface area (Å²) in [5.74, 6) is 0. The highest BCUT2D eigenvalue weighted by Gasteiger charge is 2.53. The lowest BCUT2D eigenvalue weighted by atomic mass is 9.76. The molecule has 1 heterocycles. The van der Waals surface area contributed by atoms with E-state index in [0.717, 1.165) is 13.0 Å². The van der Waals surface area contributed by atoms with Crippen LogP contribution in [0.4, 0.5) is 0 Å². The second-order valence-corrected chi connectivity index (χ2v) is 14.4. The van der Waals surface area contributed by atoms with Crippen LogP contribution in [0.3, 0.4) is 0 Å². The van der Waals surface area contributed by atoms with E-state index in [-0.39, 0.29) is 5.54 Å². The second kappa shape index (κ2) is 7.77. The van der Waals surface area contributed by atoms with Crippen LogP contribution in [-0.4, -0.2) is 25.6 Å². The lowest BCUT2D eigenvalue weighted by Crippen LogP contribution is -2.39. The zero-order valence-electron chi connectivity index (χ0n) is 17.8. The molecule has 3 aromatic rings. The maximum absolute atomic E-state index is 4.48. The second-order valence-electron chi connectivity index (χ2n) is 9.17. The Morgan fingerprint density at radius 3 is 1.52 bits per heavy atom. The molecule has 0 aromatic heterocycles. The van der Waals surface area contributed by atoms with E-state index < -0.39 is 8.07 Å². The van der Waals surface area contributed by atoms with E-state index in [9.17, 15) is 0 Å². The Labute approximate surface area is 176 Å². The van der Waals surface area contributed by atoms with Crippen LogP contribution in [-0.2, 0) is 5.54 Å². The quantitative estimate of drug-likeness (QED) is 0.250. The van der Waals surface area contributed by atoms with Gasteiger partial charge in [0.1, 0.15) is 0 Å². The van der Waals surface area contributed by atoms with Crippen LogP contribution in [0.5, 0.6) is 0 Å². The maximum Gasteiger partial charge on any atom is 0.0976 e. The van der Waals surface area contributed by atoms with Gasteiger partial charge in [0.15, 0.2) is 0 Å². The summed E-state index contributed by atoms with van der Waals surface area (Å²) >= 11 is 0. The molecular weight excluding hydrogens is 366 g/mol. The van der Waals surface area contributed by atoms with E-state index in [2.05, 4.69) is 122 Å². The summed E-state index contributed by atoms with van der Waals surface area (Å²) in [5, 5.41) is 1.47. The van der Waals surface area contributed by atoms with Crippen LogP contribution in [0.1, 0.15) is 23.1 Å². The Kier molecular flexibility index (Phi) is 5.33. The predicted molar refractivity (Wildman–Crippen MR) is 127 cm³/mol. The zero-order valence-corrected chi connectivity index (χ0v) is 18.8. The van der Waals surface area contributed by atoms with Crippen molar-refractivity contribution in [1.29, 1.82) is 0 Å². The van der Waals surface area contributed by atoms with Crippen molar-refractivity contribution >= 4 is 8.07 Å². The third-order valence-corrected chi connectivity index (χ3v) is 8.59. The highest BCUT2D eigenvalue weighted by atomic mass is 28.3. The Balaban J connectivity index is 1.85. The van der Waals surface area contributed by atoms with Crippen molar-refractivity contribution in [2.75, 3.05) is 6.54 Å². The van der Waals surface area contributed by atoms with Gasteiger partial charge in [-0.05, 0) is 23.1 Å². The molecule has 3 aromatic carbocycles. The summed E-state index contributed by atoms with van der Waals surface area (Å²) in [5.41, 5.74) is 3.73. The van der Waals surface area contributed by atoms with Gasteiger partial charge in [0, 0.05) is 12.6 Å². The molecule has 1 unspecified atom stereocenters. The number of nitrogens with zero attached hydrogens (tertiary/aromatic N) is 1. The molecule has 1 aliphatic heterocycles. The lowest BCUT2D eigenvalue weighted by molar-refractivity contribution is 0.320. The molecule has 0 aliphatic carbocycles. The summed E-state index contributed by atoms with van der Waals surface area (Å²) in [6.45, 7) is 12.8. The third kappa shape index (κ3) is 3.75. The molecule has 29 heavy (non-hydrogen) atoms. The molecule has 1 aliphatic rings. The maximum atomic E-state index is 4.48.